The molecule has 0 radical (unpaired) electrons. The number of hydrogen-bond acceptors (Lipinski definition) is 3. The van der Waals surface area contributed by atoms with Crippen molar-refractivity contribution in [2.75, 3.05) is 13.1 Å². The van der Waals surface area contributed by atoms with Crippen molar-refractivity contribution in [2.24, 2.45) is 0 Å². The number of amides is 1. The SMILES string of the molecule is CC1C=Cc2cc(C(=O)NC3CCCNC3)ccc2O1.CCC. The first-order valence-electron chi connectivity index (χ1n) is 8.64. The van der Waals surface area contributed by atoms with Crippen molar-refractivity contribution < 1.29 is 9.53 Å². The number of benzene rings is 1. The number of carbonyl (C=O) groups excluding carboxylic acids is 1. The molecule has 23 heavy (non-hydrogen) atoms. The van der Waals surface area contributed by atoms with Gasteiger partial charge >= 0.3 is 0 Å². The number of hydrogen-bond donors (Lipinski definition) is 2. The zero-order valence-corrected chi connectivity index (χ0v) is 14.4. The predicted octanol–water partition coefficient (Wildman–Crippen LogP) is 3.38. The molecule has 2 N–H and O–H groups in total. The molecule has 2 heterocycles. The Kier molecular flexibility index (Phi) is 6.66. The summed E-state index contributed by atoms with van der Waals surface area (Å²) in [5.41, 5.74) is 1.66. The highest BCUT2D eigenvalue weighted by Crippen LogP contribution is 2.26. The average Bonchev–Trinajstić information content (AvgIpc) is 2.56. The Hall–Kier alpha value is -1.81. The largest absolute Gasteiger partial charge is 0.486 e. The fourth-order valence-corrected chi connectivity index (χ4v) is 2.65. The van der Waals surface area contributed by atoms with E-state index in [2.05, 4.69) is 24.5 Å². The van der Waals surface area contributed by atoms with Crippen LogP contribution >= 0.6 is 0 Å². The summed E-state index contributed by atoms with van der Waals surface area (Å²) in [7, 11) is 0. The highest BCUT2D eigenvalue weighted by atomic mass is 16.5. The van der Waals surface area contributed by atoms with E-state index in [4.69, 9.17) is 4.74 Å². The van der Waals surface area contributed by atoms with Crippen LogP contribution in [0, 0.1) is 0 Å². The molecule has 1 amide bonds. The standard InChI is InChI=1S/C16H20N2O2.C3H8/c1-11-4-5-12-9-13(6-7-15(12)20-11)16(19)18-14-3-2-8-17-10-14;1-3-2/h4-7,9,11,14,17H,2-3,8,10H2,1H3,(H,18,19);3H2,1-2H3. The lowest BCUT2D eigenvalue weighted by atomic mass is 10.0. The van der Waals surface area contributed by atoms with Crippen LogP contribution in [0.25, 0.3) is 6.08 Å². The van der Waals surface area contributed by atoms with Crippen LogP contribution in [0.15, 0.2) is 24.3 Å². The molecule has 2 unspecified atom stereocenters. The third-order valence-corrected chi connectivity index (χ3v) is 3.76. The Labute approximate surface area is 139 Å². The normalized spacial score (nSPS) is 22.2. The molecule has 3 rings (SSSR count). The van der Waals surface area contributed by atoms with Crippen molar-refractivity contribution in [3.05, 3.63) is 35.4 Å². The van der Waals surface area contributed by atoms with E-state index in [9.17, 15) is 4.79 Å². The molecule has 1 saturated heterocycles. The zero-order valence-electron chi connectivity index (χ0n) is 14.4. The van der Waals surface area contributed by atoms with Crippen molar-refractivity contribution in [2.45, 2.75) is 52.2 Å². The maximum Gasteiger partial charge on any atom is 0.251 e. The van der Waals surface area contributed by atoms with Gasteiger partial charge in [0, 0.05) is 23.7 Å². The summed E-state index contributed by atoms with van der Waals surface area (Å²) in [6.45, 7) is 8.15. The molecule has 0 bridgehead atoms. The van der Waals surface area contributed by atoms with Crippen molar-refractivity contribution in [1.82, 2.24) is 10.6 Å². The maximum atomic E-state index is 12.3. The van der Waals surface area contributed by atoms with Crippen LogP contribution in [-0.4, -0.2) is 31.1 Å². The minimum absolute atomic E-state index is 0.00600. The fourth-order valence-electron chi connectivity index (χ4n) is 2.65. The molecule has 0 aliphatic carbocycles. The van der Waals surface area contributed by atoms with Gasteiger partial charge in [-0.3, -0.25) is 4.79 Å². The zero-order chi connectivity index (χ0) is 16.7. The van der Waals surface area contributed by atoms with Gasteiger partial charge in [-0.15, -0.1) is 0 Å². The predicted molar refractivity (Wildman–Crippen MR) is 94.9 cm³/mol. The van der Waals surface area contributed by atoms with E-state index in [-0.39, 0.29) is 18.1 Å². The number of rotatable bonds is 2. The molecular formula is C19H28N2O2. The fraction of sp³-hybridized carbons (Fsp3) is 0.526. The Morgan fingerprint density at radius 1 is 1.39 bits per heavy atom. The quantitative estimate of drug-likeness (QED) is 0.879. The second-order valence-corrected chi connectivity index (χ2v) is 6.16. The lowest BCUT2D eigenvalue weighted by Gasteiger charge is -2.24. The van der Waals surface area contributed by atoms with Gasteiger partial charge in [0.25, 0.3) is 5.91 Å². The Morgan fingerprint density at radius 3 is 2.87 bits per heavy atom. The summed E-state index contributed by atoms with van der Waals surface area (Å²) in [5.74, 6) is 0.837. The van der Waals surface area contributed by atoms with E-state index in [1.54, 1.807) is 0 Å². The molecule has 2 atom stereocenters. The Morgan fingerprint density at radius 2 is 2.17 bits per heavy atom. The van der Waals surface area contributed by atoms with Gasteiger partial charge in [0.2, 0.25) is 0 Å². The van der Waals surface area contributed by atoms with Crippen LogP contribution in [0.2, 0.25) is 0 Å². The number of nitrogens with one attached hydrogen (secondary N) is 2. The van der Waals surface area contributed by atoms with Crippen LogP contribution in [0.5, 0.6) is 5.75 Å². The van der Waals surface area contributed by atoms with E-state index in [1.165, 1.54) is 6.42 Å². The minimum atomic E-state index is -0.00600. The number of ether oxygens (including phenoxy) is 1. The molecule has 0 spiro atoms. The average molecular weight is 316 g/mol. The smallest absolute Gasteiger partial charge is 0.251 e. The molecule has 1 fully saturated rings. The summed E-state index contributed by atoms with van der Waals surface area (Å²) in [6.07, 6.45) is 7.51. The second kappa shape index (κ2) is 8.73. The van der Waals surface area contributed by atoms with Crippen LogP contribution in [0.3, 0.4) is 0 Å². The van der Waals surface area contributed by atoms with Gasteiger partial charge in [0.1, 0.15) is 11.9 Å². The highest BCUT2D eigenvalue weighted by molar-refractivity contribution is 5.95. The van der Waals surface area contributed by atoms with Crippen LogP contribution in [0.4, 0.5) is 0 Å². The molecule has 2 aliphatic heterocycles. The topological polar surface area (TPSA) is 50.4 Å². The van der Waals surface area contributed by atoms with Gasteiger partial charge in [0.15, 0.2) is 0 Å². The van der Waals surface area contributed by atoms with Gasteiger partial charge in [-0.2, -0.15) is 0 Å². The molecule has 1 aromatic rings. The first kappa shape index (κ1) is 17.5. The summed E-state index contributed by atoms with van der Waals surface area (Å²) in [6, 6.07) is 5.84. The Bertz CT molecular complexity index is 548. The van der Waals surface area contributed by atoms with Gasteiger partial charge in [-0.05, 0) is 50.6 Å². The van der Waals surface area contributed by atoms with Crippen molar-refractivity contribution >= 4 is 12.0 Å². The Balaban J connectivity index is 0.000000595. The van der Waals surface area contributed by atoms with Gasteiger partial charge in [-0.25, -0.2) is 0 Å². The van der Waals surface area contributed by atoms with Crippen molar-refractivity contribution in [3.8, 4) is 5.75 Å². The van der Waals surface area contributed by atoms with E-state index >= 15 is 0 Å². The summed E-state index contributed by atoms with van der Waals surface area (Å²) >= 11 is 0. The van der Waals surface area contributed by atoms with Crippen LogP contribution in [0.1, 0.15) is 56.0 Å². The third kappa shape index (κ3) is 5.10. The molecular weight excluding hydrogens is 288 g/mol. The molecule has 0 aromatic heterocycles. The maximum absolute atomic E-state index is 12.3. The molecule has 0 saturated carbocycles. The number of carbonyl (C=O) groups is 1. The van der Waals surface area contributed by atoms with E-state index in [0.29, 0.717) is 5.56 Å². The van der Waals surface area contributed by atoms with Gasteiger partial charge < -0.3 is 15.4 Å². The lowest BCUT2D eigenvalue weighted by molar-refractivity contribution is 0.0930. The molecule has 1 aromatic carbocycles. The third-order valence-electron chi connectivity index (χ3n) is 3.76. The van der Waals surface area contributed by atoms with E-state index in [0.717, 1.165) is 37.2 Å². The molecule has 126 valence electrons. The summed E-state index contributed by atoms with van der Waals surface area (Å²) < 4.78 is 5.69. The first-order chi connectivity index (χ1) is 11.1. The van der Waals surface area contributed by atoms with Crippen molar-refractivity contribution in [1.29, 1.82) is 0 Å². The molecule has 4 heteroatoms. The van der Waals surface area contributed by atoms with Gasteiger partial charge in [0.05, 0.1) is 0 Å². The van der Waals surface area contributed by atoms with Crippen molar-refractivity contribution in [3.63, 3.8) is 0 Å². The van der Waals surface area contributed by atoms with Crippen LogP contribution < -0.4 is 15.4 Å². The number of fused-ring (bicyclic) bond motifs is 1. The molecule has 4 nitrogen and oxygen atoms in total. The molecule has 2 aliphatic rings. The first-order valence-corrected chi connectivity index (χ1v) is 8.64. The van der Waals surface area contributed by atoms with E-state index < -0.39 is 0 Å². The lowest BCUT2D eigenvalue weighted by Crippen LogP contribution is -2.45. The summed E-state index contributed by atoms with van der Waals surface area (Å²) in [4.78, 5) is 12.3. The minimum Gasteiger partial charge on any atom is -0.486 e. The highest BCUT2D eigenvalue weighted by Gasteiger charge is 2.18. The van der Waals surface area contributed by atoms with E-state index in [1.807, 2.05) is 37.3 Å². The number of piperidine rings is 1. The summed E-state index contributed by atoms with van der Waals surface area (Å²) in [5, 5.41) is 6.38. The second-order valence-electron chi connectivity index (χ2n) is 6.16. The monoisotopic (exact) mass is 316 g/mol. The van der Waals surface area contributed by atoms with Crippen LogP contribution in [-0.2, 0) is 0 Å². The van der Waals surface area contributed by atoms with Gasteiger partial charge in [-0.1, -0.05) is 26.3 Å².